The van der Waals surface area contributed by atoms with Crippen molar-refractivity contribution in [2.75, 3.05) is 5.73 Å². The number of hydrogen-bond donors (Lipinski definition) is 1. The van der Waals surface area contributed by atoms with E-state index in [4.69, 9.17) is 17.3 Å². The van der Waals surface area contributed by atoms with E-state index in [9.17, 15) is 0 Å². The van der Waals surface area contributed by atoms with Crippen molar-refractivity contribution >= 4 is 28.6 Å². The Morgan fingerprint density at radius 1 is 1.50 bits per heavy atom. The Balaban J connectivity index is 2.64. The lowest BCUT2D eigenvalue weighted by atomic mass is 10.3. The number of hydrogen-bond acceptors (Lipinski definition) is 2. The fourth-order valence-electron chi connectivity index (χ4n) is 1.58. The van der Waals surface area contributed by atoms with Gasteiger partial charge < -0.3 is 10.3 Å². The third-order valence-electron chi connectivity index (χ3n) is 2.19. The van der Waals surface area contributed by atoms with Gasteiger partial charge in [0.15, 0.2) is 0 Å². The third kappa shape index (κ3) is 1.44. The highest BCUT2D eigenvalue weighted by Crippen LogP contribution is 2.21. The molecule has 2 N–H and O–H groups in total. The summed E-state index contributed by atoms with van der Waals surface area (Å²) in [4.78, 5) is 4.25. The van der Waals surface area contributed by atoms with Crippen LogP contribution in [0.4, 0.5) is 5.95 Å². The summed E-state index contributed by atoms with van der Waals surface area (Å²) in [6.07, 6.45) is 1.04. The zero-order valence-electron chi connectivity index (χ0n) is 8.00. The molecule has 0 radical (unpaired) electrons. The first kappa shape index (κ1) is 9.34. The number of nitrogens with two attached hydrogens (primary N) is 1. The van der Waals surface area contributed by atoms with Crippen molar-refractivity contribution in [3.8, 4) is 0 Å². The number of imidazole rings is 1. The van der Waals surface area contributed by atoms with E-state index in [1.54, 1.807) is 0 Å². The summed E-state index contributed by atoms with van der Waals surface area (Å²) in [6.45, 7) is 3.01. The lowest BCUT2D eigenvalue weighted by Crippen LogP contribution is -2.02. The fourth-order valence-corrected chi connectivity index (χ4v) is 1.75. The van der Waals surface area contributed by atoms with Crippen LogP contribution in [0.5, 0.6) is 0 Å². The van der Waals surface area contributed by atoms with Gasteiger partial charge in [-0.15, -0.1) is 0 Å². The second-order valence-electron chi connectivity index (χ2n) is 3.25. The van der Waals surface area contributed by atoms with E-state index in [1.165, 1.54) is 0 Å². The predicted molar refractivity (Wildman–Crippen MR) is 59.4 cm³/mol. The number of aromatic nitrogens is 2. The van der Waals surface area contributed by atoms with E-state index in [-0.39, 0.29) is 0 Å². The van der Waals surface area contributed by atoms with Crippen LogP contribution in [-0.4, -0.2) is 9.55 Å². The van der Waals surface area contributed by atoms with Gasteiger partial charge in [-0.05, 0) is 24.6 Å². The number of fused-ring (bicyclic) bond motifs is 1. The molecule has 2 rings (SSSR count). The molecule has 0 spiro atoms. The third-order valence-corrected chi connectivity index (χ3v) is 2.42. The summed E-state index contributed by atoms with van der Waals surface area (Å²) < 4.78 is 2.01. The number of rotatable bonds is 2. The lowest BCUT2D eigenvalue weighted by Gasteiger charge is -2.02. The van der Waals surface area contributed by atoms with Gasteiger partial charge in [-0.3, -0.25) is 0 Å². The molecule has 0 amide bonds. The Labute approximate surface area is 87.5 Å². The Morgan fingerprint density at radius 2 is 2.29 bits per heavy atom. The van der Waals surface area contributed by atoms with Crippen LogP contribution < -0.4 is 5.73 Å². The Morgan fingerprint density at radius 3 is 3.00 bits per heavy atom. The van der Waals surface area contributed by atoms with Gasteiger partial charge in [0.05, 0.1) is 11.0 Å². The van der Waals surface area contributed by atoms with Gasteiger partial charge in [0.25, 0.3) is 0 Å². The normalized spacial score (nSPS) is 11.0. The van der Waals surface area contributed by atoms with Crippen molar-refractivity contribution in [3.63, 3.8) is 0 Å². The van der Waals surface area contributed by atoms with E-state index >= 15 is 0 Å². The molecule has 0 aliphatic carbocycles. The average Bonchev–Trinajstić information content (AvgIpc) is 2.43. The molecule has 1 aromatic carbocycles. The van der Waals surface area contributed by atoms with Gasteiger partial charge in [0.2, 0.25) is 5.95 Å². The maximum absolute atomic E-state index is 5.87. The molecular weight excluding hydrogens is 198 g/mol. The number of aryl methyl sites for hydroxylation is 1. The molecule has 0 aliphatic heterocycles. The van der Waals surface area contributed by atoms with Crippen molar-refractivity contribution in [3.05, 3.63) is 23.2 Å². The van der Waals surface area contributed by atoms with Gasteiger partial charge >= 0.3 is 0 Å². The highest BCUT2D eigenvalue weighted by molar-refractivity contribution is 6.31. The Kier molecular flexibility index (Phi) is 2.33. The van der Waals surface area contributed by atoms with Crippen LogP contribution in [0.25, 0.3) is 11.0 Å². The molecular formula is C10H12ClN3. The standard InChI is InChI=1S/C10H12ClN3/c1-2-5-14-9-4-3-7(11)6-8(9)13-10(14)12/h3-4,6H,2,5H2,1H3,(H2,12,13). The van der Waals surface area contributed by atoms with Crippen LogP contribution in [0.2, 0.25) is 5.02 Å². The summed E-state index contributed by atoms with van der Waals surface area (Å²) in [5, 5.41) is 0.693. The molecule has 0 atom stereocenters. The van der Waals surface area contributed by atoms with Crippen molar-refractivity contribution in [1.29, 1.82) is 0 Å². The van der Waals surface area contributed by atoms with E-state index in [1.807, 2.05) is 22.8 Å². The Bertz CT molecular complexity index is 462. The minimum Gasteiger partial charge on any atom is -0.369 e. The molecule has 1 aromatic heterocycles. The maximum atomic E-state index is 5.87. The molecule has 2 aromatic rings. The minimum absolute atomic E-state index is 0.559. The molecule has 0 fully saturated rings. The predicted octanol–water partition coefficient (Wildman–Crippen LogP) is 2.68. The van der Waals surface area contributed by atoms with E-state index in [2.05, 4.69) is 11.9 Å². The van der Waals surface area contributed by atoms with Crippen LogP contribution in [0, 0.1) is 0 Å². The second kappa shape index (κ2) is 3.50. The monoisotopic (exact) mass is 209 g/mol. The van der Waals surface area contributed by atoms with Crippen molar-refractivity contribution < 1.29 is 0 Å². The first-order valence-corrected chi connectivity index (χ1v) is 5.01. The summed E-state index contributed by atoms with van der Waals surface area (Å²) in [5.41, 5.74) is 7.71. The van der Waals surface area contributed by atoms with Crippen LogP contribution in [0.15, 0.2) is 18.2 Å². The highest BCUT2D eigenvalue weighted by Gasteiger charge is 2.06. The second-order valence-corrected chi connectivity index (χ2v) is 3.69. The largest absolute Gasteiger partial charge is 0.369 e. The highest BCUT2D eigenvalue weighted by atomic mass is 35.5. The summed E-state index contributed by atoms with van der Waals surface area (Å²) in [6, 6.07) is 5.65. The van der Waals surface area contributed by atoms with Crippen molar-refractivity contribution in [2.45, 2.75) is 19.9 Å². The first-order valence-electron chi connectivity index (χ1n) is 4.63. The molecule has 1 heterocycles. The van der Waals surface area contributed by atoms with Gasteiger partial charge in [-0.2, -0.15) is 0 Å². The average molecular weight is 210 g/mol. The molecule has 0 bridgehead atoms. The van der Waals surface area contributed by atoms with E-state index < -0.39 is 0 Å². The number of nitrogens with zero attached hydrogens (tertiary/aromatic N) is 2. The number of anilines is 1. The molecule has 0 saturated heterocycles. The zero-order chi connectivity index (χ0) is 10.1. The van der Waals surface area contributed by atoms with E-state index in [0.717, 1.165) is 24.0 Å². The number of benzene rings is 1. The molecule has 14 heavy (non-hydrogen) atoms. The van der Waals surface area contributed by atoms with Crippen LogP contribution in [-0.2, 0) is 6.54 Å². The lowest BCUT2D eigenvalue weighted by molar-refractivity contribution is 0.707. The summed E-state index contributed by atoms with van der Waals surface area (Å²) in [7, 11) is 0. The maximum Gasteiger partial charge on any atom is 0.201 e. The molecule has 0 unspecified atom stereocenters. The van der Waals surface area contributed by atoms with Crippen molar-refractivity contribution in [1.82, 2.24) is 9.55 Å². The van der Waals surface area contributed by atoms with Gasteiger partial charge in [0, 0.05) is 11.6 Å². The SMILES string of the molecule is CCCn1c(N)nc2cc(Cl)ccc21. The minimum atomic E-state index is 0.559. The smallest absolute Gasteiger partial charge is 0.201 e. The quantitative estimate of drug-likeness (QED) is 0.827. The molecule has 4 heteroatoms. The first-order chi connectivity index (χ1) is 6.72. The van der Waals surface area contributed by atoms with Crippen LogP contribution in [0.1, 0.15) is 13.3 Å². The summed E-state index contributed by atoms with van der Waals surface area (Å²) >= 11 is 5.87. The Hall–Kier alpha value is -1.22. The zero-order valence-corrected chi connectivity index (χ0v) is 8.75. The molecule has 0 saturated carbocycles. The molecule has 74 valence electrons. The number of nitrogen functional groups attached to an aromatic ring is 1. The number of halogens is 1. The van der Waals surface area contributed by atoms with Gasteiger partial charge in [-0.25, -0.2) is 4.98 Å². The summed E-state index contributed by atoms with van der Waals surface area (Å²) in [5.74, 6) is 0.559. The van der Waals surface area contributed by atoms with E-state index in [0.29, 0.717) is 11.0 Å². The molecule has 0 aliphatic rings. The van der Waals surface area contributed by atoms with Crippen LogP contribution in [0.3, 0.4) is 0 Å². The van der Waals surface area contributed by atoms with Gasteiger partial charge in [0.1, 0.15) is 0 Å². The van der Waals surface area contributed by atoms with Crippen molar-refractivity contribution in [2.24, 2.45) is 0 Å². The van der Waals surface area contributed by atoms with Gasteiger partial charge in [-0.1, -0.05) is 18.5 Å². The van der Waals surface area contributed by atoms with Crippen LogP contribution >= 0.6 is 11.6 Å². The topological polar surface area (TPSA) is 43.8 Å². The molecule has 3 nitrogen and oxygen atoms in total. The fraction of sp³-hybridized carbons (Fsp3) is 0.300.